The van der Waals surface area contributed by atoms with Gasteiger partial charge in [0.1, 0.15) is 0 Å². The number of benzene rings is 1. The molecule has 3 rings (SSSR count). The van der Waals surface area contributed by atoms with Crippen LogP contribution >= 0.6 is 0 Å². The van der Waals surface area contributed by atoms with Gasteiger partial charge in [0.05, 0.1) is 17.5 Å². The van der Waals surface area contributed by atoms with E-state index in [1.165, 1.54) is 25.0 Å². The lowest BCUT2D eigenvalue weighted by Crippen LogP contribution is -2.39. The summed E-state index contributed by atoms with van der Waals surface area (Å²) in [4.78, 5) is 12.2. The second-order valence-corrected chi connectivity index (χ2v) is 9.74. The van der Waals surface area contributed by atoms with Crippen molar-refractivity contribution in [1.82, 2.24) is 5.32 Å². The number of hydrogen-bond acceptors (Lipinski definition) is 3. The summed E-state index contributed by atoms with van der Waals surface area (Å²) < 4.78 is 63.8. The van der Waals surface area contributed by atoms with E-state index in [-0.39, 0.29) is 37.0 Å². The minimum absolute atomic E-state index is 0.0502. The van der Waals surface area contributed by atoms with E-state index in [1.54, 1.807) is 0 Å². The van der Waals surface area contributed by atoms with Crippen molar-refractivity contribution >= 4 is 21.6 Å². The van der Waals surface area contributed by atoms with Gasteiger partial charge < -0.3 is 5.32 Å². The van der Waals surface area contributed by atoms with E-state index < -0.39 is 21.8 Å². The number of rotatable bonds is 7. The van der Waals surface area contributed by atoms with Crippen LogP contribution in [0.5, 0.6) is 0 Å². The number of hydrogen-bond donors (Lipinski definition) is 1. The Balaban J connectivity index is 1.59. The van der Waals surface area contributed by atoms with E-state index in [1.807, 2.05) is 0 Å². The van der Waals surface area contributed by atoms with Gasteiger partial charge in [-0.3, -0.25) is 9.10 Å². The fourth-order valence-electron chi connectivity index (χ4n) is 4.41. The molecule has 0 spiro atoms. The van der Waals surface area contributed by atoms with Gasteiger partial charge in [-0.05, 0) is 55.7 Å². The molecule has 0 unspecified atom stereocenters. The zero-order valence-electron chi connectivity index (χ0n) is 15.7. The molecule has 0 aromatic heterocycles. The van der Waals surface area contributed by atoms with Crippen LogP contribution in [0.4, 0.5) is 18.9 Å². The molecule has 2 fully saturated rings. The summed E-state index contributed by atoms with van der Waals surface area (Å²) in [7, 11) is -3.77. The molecule has 0 radical (unpaired) electrons. The van der Waals surface area contributed by atoms with E-state index in [0.29, 0.717) is 11.8 Å². The van der Waals surface area contributed by atoms with Crippen LogP contribution < -0.4 is 9.62 Å². The Kier molecular flexibility index (Phi) is 5.93. The molecule has 2 bridgehead atoms. The molecule has 1 amide bonds. The fraction of sp³-hybridized carbons (Fsp3) is 0.632. The number of fused-ring (bicyclic) bond motifs is 2. The minimum Gasteiger partial charge on any atom is -0.353 e. The van der Waals surface area contributed by atoms with Crippen molar-refractivity contribution in [3.63, 3.8) is 0 Å². The molecule has 0 saturated heterocycles. The standard InChI is InChI=1S/C19H25F3N2O3S/c1-28(26,27)24(16-5-2-4-15(12-16)19(20,21)22)9-3-6-18(25)23-17-11-13-7-8-14(17)10-13/h2,4-5,12-14,17H,3,6-11H2,1H3,(H,23,25)/t13-,14-,17+/m0/s1. The van der Waals surface area contributed by atoms with Crippen LogP contribution in [0.25, 0.3) is 0 Å². The molecule has 28 heavy (non-hydrogen) atoms. The van der Waals surface area contributed by atoms with Crippen LogP contribution in [-0.4, -0.2) is 33.2 Å². The Hall–Kier alpha value is -1.77. The largest absolute Gasteiger partial charge is 0.416 e. The Labute approximate surface area is 163 Å². The van der Waals surface area contributed by atoms with Gasteiger partial charge >= 0.3 is 6.18 Å². The first-order chi connectivity index (χ1) is 13.0. The molecular formula is C19H25F3N2O3S. The van der Waals surface area contributed by atoms with Gasteiger partial charge in [-0.1, -0.05) is 12.5 Å². The predicted octanol–water partition coefficient (Wildman–Crippen LogP) is 3.56. The molecule has 1 aromatic carbocycles. The molecule has 1 aromatic rings. The van der Waals surface area contributed by atoms with Gasteiger partial charge in [-0.15, -0.1) is 0 Å². The molecule has 0 aliphatic heterocycles. The predicted molar refractivity (Wildman–Crippen MR) is 100 cm³/mol. The van der Waals surface area contributed by atoms with Gasteiger partial charge in [-0.2, -0.15) is 13.2 Å². The monoisotopic (exact) mass is 418 g/mol. The number of halogens is 3. The molecule has 2 saturated carbocycles. The summed E-state index contributed by atoms with van der Waals surface area (Å²) in [5.41, 5.74) is -0.960. The molecule has 2 aliphatic carbocycles. The quantitative estimate of drug-likeness (QED) is 0.736. The molecule has 156 valence electrons. The minimum atomic E-state index is -4.56. The first-order valence-corrected chi connectivity index (χ1v) is 11.3. The number of alkyl halides is 3. The second-order valence-electron chi connectivity index (χ2n) is 7.84. The van der Waals surface area contributed by atoms with Crippen molar-refractivity contribution in [2.24, 2.45) is 11.8 Å². The van der Waals surface area contributed by atoms with Gasteiger partial charge in [0.25, 0.3) is 0 Å². The average molecular weight is 418 g/mol. The smallest absolute Gasteiger partial charge is 0.353 e. The number of anilines is 1. The van der Waals surface area contributed by atoms with Crippen molar-refractivity contribution in [2.75, 3.05) is 17.1 Å². The Bertz CT molecular complexity index is 826. The van der Waals surface area contributed by atoms with E-state index in [9.17, 15) is 26.4 Å². The topological polar surface area (TPSA) is 66.5 Å². The highest BCUT2D eigenvalue weighted by atomic mass is 32.2. The molecule has 2 aliphatic rings. The lowest BCUT2D eigenvalue weighted by Gasteiger charge is -2.24. The number of nitrogens with zero attached hydrogens (tertiary/aromatic N) is 1. The van der Waals surface area contributed by atoms with E-state index in [4.69, 9.17) is 0 Å². The summed E-state index contributed by atoms with van der Waals surface area (Å²) in [6.45, 7) is -0.0513. The maximum absolute atomic E-state index is 12.9. The molecule has 5 nitrogen and oxygen atoms in total. The average Bonchev–Trinajstić information content (AvgIpc) is 3.20. The van der Waals surface area contributed by atoms with E-state index in [0.717, 1.165) is 35.5 Å². The lowest BCUT2D eigenvalue weighted by atomic mass is 9.95. The Morgan fingerprint density at radius 2 is 2.00 bits per heavy atom. The first kappa shape index (κ1) is 21.0. The highest BCUT2D eigenvalue weighted by Crippen LogP contribution is 2.44. The van der Waals surface area contributed by atoms with Gasteiger partial charge in [0, 0.05) is 19.0 Å². The summed E-state index contributed by atoms with van der Waals surface area (Å²) >= 11 is 0. The van der Waals surface area contributed by atoms with Crippen molar-refractivity contribution < 1.29 is 26.4 Å². The first-order valence-electron chi connectivity index (χ1n) is 9.48. The van der Waals surface area contributed by atoms with E-state index in [2.05, 4.69) is 5.32 Å². The van der Waals surface area contributed by atoms with Crippen LogP contribution in [0, 0.1) is 11.8 Å². The summed E-state index contributed by atoms with van der Waals surface area (Å²) in [5, 5.41) is 3.04. The number of carbonyl (C=O) groups is 1. The number of amides is 1. The Morgan fingerprint density at radius 1 is 1.25 bits per heavy atom. The molecule has 9 heteroatoms. The number of sulfonamides is 1. The second kappa shape index (κ2) is 7.93. The maximum Gasteiger partial charge on any atom is 0.416 e. The molecule has 0 heterocycles. The van der Waals surface area contributed by atoms with Crippen molar-refractivity contribution in [3.8, 4) is 0 Å². The molecule has 1 N–H and O–H groups in total. The summed E-state index contributed by atoms with van der Waals surface area (Å²) in [6, 6.07) is 4.42. The third kappa shape index (κ3) is 4.98. The molecular weight excluding hydrogens is 393 g/mol. The Morgan fingerprint density at radius 3 is 2.57 bits per heavy atom. The van der Waals surface area contributed by atoms with Crippen LogP contribution in [-0.2, 0) is 21.0 Å². The van der Waals surface area contributed by atoms with Gasteiger partial charge in [0.15, 0.2) is 0 Å². The lowest BCUT2D eigenvalue weighted by molar-refractivity contribution is -0.137. The fourth-order valence-corrected chi connectivity index (χ4v) is 5.36. The SMILES string of the molecule is CS(=O)(=O)N(CCCC(=O)N[C@@H]1C[C@H]2CC[C@H]1C2)c1cccc(C(F)(F)F)c1. The van der Waals surface area contributed by atoms with Crippen LogP contribution in [0.15, 0.2) is 24.3 Å². The zero-order valence-corrected chi connectivity index (χ0v) is 16.5. The van der Waals surface area contributed by atoms with Gasteiger partial charge in [0.2, 0.25) is 15.9 Å². The summed E-state index contributed by atoms with van der Waals surface area (Å²) in [6.07, 6.45) is 1.32. The number of carbonyl (C=O) groups excluding carboxylic acids is 1. The highest BCUT2D eigenvalue weighted by Gasteiger charge is 2.40. The normalized spacial score (nSPS) is 24.4. The van der Waals surface area contributed by atoms with E-state index >= 15 is 0 Å². The van der Waals surface area contributed by atoms with Crippen molar-refractivity contribution in [1.29, 1.82) is 0 Å². The molecule has 3 atom stereocenters. The van der Waals surface area contributed by atoms with Gasteiger partial charge in [-0.25, -0.2) is 8.42 Å². The third-order valence-electron chi connectivity index (χ3n) is 5.71. The summed E-state index contributed by atoms with van der Waals surface area (Å²) in [5.74, 6) is 1.12. The van der Waals surface area contributed by atoms with Crippen molar-refractivity contribution in [2.45, 2.75) is 50.7 Å². The zero-order chi connectivity index (χ0) is 20.5. The number of nitrogens with one attached hydrogen (secondary N) is 1. The van der Waals surface area contributed by atoms with Crippen LogP contribution in [0.1, 0.15) is 44.1 Å². The van der Waals surface area contributed by atoms with Crippen molar-refractivity contribution in [3.05, 3.63) is 29.8 Å². The van der Waals surface area contributed by atoms with Crippen LogP contribution in [0.2, 0.25) is 0 Å². The highest BCUT2D eigenvalue weighted by molar-refractivity contribution is 7.92. The maximum atomic E-state index is 12.9. The van der Waals surface area contributed by atoms with Crippen LogP contribution in [0.3, 0.4) is 0 Å². The third-order valence-corrected chi connectivity index (χ3v) is 6.91.